The van der Waals surface area contributed by atoms with E-state index in [1.54, 1.807) is 0 Å². The Morgan fingerprint density at radius 1 is 1.29 bits per heavy atom. The lowest BCUT2D eigenvalue weighted by Gasteiger charge is -2.16. The Balaban J connectivity index is 2.72. The van der Waals surface area contributed by atoms with E-state index in [0.717, 1.165) is 5.69 Å². The van der Waals surface area contributed by atoms with E-state index in [-0.39, 0.29) is 17.9 Å². The van der Waals surface area contributed by atoms with Gasteiger partial charge in [-0.05, 0) is 11.8 Å². The summed E-state index contributed by atoms with van der Waals surface area (Å²) in [6.45, 7) is 8.78. The second-order valence-electron chi connectivity index (χ2n) is 6.04. The van der Waals surface area contributed by atoms with Crippen molar-refractivity contribution in [2.24, 2.45) is 5.92 Å². The smallest absolute Gasteiger partial charge is 0.309 e. The minimum Gasteiger partial charge on any atom is -0.481 e. The van der Waals surface area contributed by atoms with Crippen molar-refractivity contribution in [2.45, 2.75) is 46.6 Å². The maximum atomic E-state index is 12.1. The van der Waals surface area contributed by atoms with Crippen molar-refractivity contribution in [3.8, 4) is 0 Å². The van der Waals surface area contributed by atoms with Crippen LogP contribution in [0.2, 0.25) is 0 Å². The molecule has 2 heterocycles. The van der Waals surface area contributed by atoms with Gasteiger partial charge in [-0.15, -0.1) is 0 Å². The standard InChI is InChI=1S/C15H21N3O3/c1-9(2)8-17-11(6-15(20)21)5-14(19)18-13(17)7-12(16-18)10(3)4/h5,7,9-10H,6,8H2,1-4H3,(H,20,21). The van der Waals surface area contributed by atoms with Gasteiger partial charge in [0.1, 0.15) is 5.65 Å². The number of hydrogen-bond acceptors (Lipinski definition) is 3. The van der Waals surface area contributed by atoms with Gasteiger partial charge in [-0.2, -0.15) is 9.61 Å². The van der Waals surface area contributed by atoms with E-state index in [2.05, 4.69) is 18.9 Å². The summed E-state index contributed by atoms with van der Waals surface area (Å²) in [5, 5.41) is 13.4. The van der Waals surface area contributed by atoms with Crippen LogP contribution >= 0.6 is 0 Å². The number of carboxylic acid groups (broad SMARTS) is 1. The van der Waals surface area contributed by atoms with Crippen LogP contribution in [-0.2, 0) is 17.8 Å². The fourth-order valence-corrected chi connectivity index (χ4v) is 2.33. The fraction of sp³-hybridized carbons (Fsp3) is 0.533. The van der Waals surface area contributed by atoms with Crippen LogP contribution in [-0.4, -0.2) is 25.3 Å². The molecule has 0 amide bonds. The van der Waals surface area contributed by atoms with Crippen LogP contribution in [0.1, 0.15) is 45.0 Å². The van der Waals surface area contributed by atoms with Crippen molar-refractivity contribution in [1.82, 2.24) is 14.2 Å². The van der Waals surface area contributed by atoms with E-state index in [0.29, 0.717) is 23.8 Å². The molecule has 0 atom stereocenters. The molecule has 21 heavy (non-hydrogen) atoms. The van der Waals surface area contributed by atoms with Gasteiger partial charge in [0.05, 0.1) is 12.1 Å². The van der Waals surface area contributed by atoms with Gasteiger partial charge in [-0.25, -0.2) is 0 Å². The number of rotatable bonds is 5. The number of fused-ring (bicyclic) bond motifs is 1. The molecule has 2 aromatic rings. The average Bonchev–Trinajstić information content (AvgIpc) is 2.78. The van der Waals surface area contributed by atoms with Crippen LogP contribution in [0.4, 0.5) is 0 Å². The number of carbonyl (C=O) groups is 1. The zero-order chi connectivity index (χ0) is 15.7. The molecule has 0 aliphatic carbocycles. The fourth-order valence-electron chi connectivity index (χ4n) is 2.33. The van der Waals surface area contributed by atoms with Crippen molar-refractivity contribution in [3.05, 3.63) is 33.9 Å². The molecule has 6 nitrogen and oxygen atoms in total. The van der Waals surface area contributed by atoms with Crippen LogP contribution < -0.4 is 5.56 Å². The van der Waals surface area contributed by atoms with Gasteiger partial charge in [-0.3, -0.25) is 9.59 Å². The van der Waals surface area contributed by atoms with Crippen LogP contribution in [0.15, 0.2) is 16.9 Å². The van der Waals surface area contributed by atoms with Crippen LogP contribution in [0.5, 0.6) is 0 Å². The second-order valence-corrected chi connectivity index (χ2v) is 6.04. The number of carboxylic acids is 1. The highest BCUT2D eigenvalue weighted by Crippen LogP contribution is 2.17. The normalized spacial score (nSPS) is 11.7. The maximum absolute atomic E-state index is 12.1. The molecule has 0 radical (unpaired) electrons. The van der Waals surface area contributed by atoms with Crippen LogP contribution in [0.3, 0.4) is 0 Å². The molecule has 2 rings (SSSR count). The van der Waals surface area contributed by atoms with E-state index in [9.17, 15) is 9.59 Å². The first kappa shape index (κ1) is 15.3. The number of nitrogens with zero attached hydrogens (tertiary/aromatic N) is 3. The number of aromatic nitrogens is 3. The maximum Gasteiger partial charge on any atom is 0.309 e. The van der Waals surface area contributed by atoms with Crippen molar-refractivity contribution < 1.29 is 9.90 Å². The molecule has 0 aliphatic rings. The highest BCUT2D eigenvalue weighted by atomic mass is 16.4. The van der Waals surface area contributed by atoms with Gasteiger partial charge in [0.25, 0.3) is 5.56 Å². The molecule has 0 saturated heterocycles. The van der Waals surface area contributed by atoms with Crippen molar-refractivity contribution in [1.29, 1.82) is 0 Å². The predicted molar refractivity (Wildman–Crippen MR) is 79.7 cm³/mol. The molecule has 0 spiro atoms. The molecule has 114 valence electrons. The first-order chi connectivity index (χ1) is 9.79. The molecular weight excluding hydrogens is 270 g/mol. The second kappa shape index (κ2) is 5.71. The van der Waals surface area contributed by atoms with Gasteiger partial charge in [0.15, 0.2) is 0 Å². The lowest BCUT2D eigenvalue weighted by Crippen LogP contribution is -2.24. The molecule has 0 aliphatic heterocycles. The molecule has 0 bridgehead atoms. The Hall–Kier alpha value is -2.11. The van der Waals surface area contributed by atoms with Gasteiger partial charge in [0, 0.05) is 24.4 Å². The first-order valence-corrected chi connectivity index (χ1v) is 7.13. The predicted octanol–water partition coefficient (Wildman–Crippen LogP) is 1.90. The van der Waals surface area contributed by atoms with Crippen LogP contribution in [0.25, 0.3) is 5.65 Å². The zero-order valence-electron chi connectivity index (χ0n) is 12.8. The molecule has 2 aromatic heterocycles. The Morgan fingerprint density at radius 2 is 1.95 bits per heavy atom. The summed E-state index contributed by atoms with van der Waals surface area (Å²) in [5.41, 5.74) is 1.73. The summed E-state index contributed by atoms with van der Waals surface area (Å²) in [6.07, 6.45) is -0.166. The molecule has 0 aromatic carbocycles. The van der Waals surface area contributed by atoms with E-state index in [1.165, 1.54) is 10.6 Å². The molecule has 0 unspecified atom stereocenters. The van der Waals surface area contributed by atoms with Gasteiger partial charge < -0.3 is 9.67 Å². The minimum atomic E-state index is -0.945. The Kier molecular flexibility index (Phi) is 4.16. The van der Waals surface area contributed by atoms with Crippen molar-refractivity contribution in [3.63, 3.8) is 0 Å². The van der Waals surface area contributed by atoms with Gasteiger partial charge >= 0.3 is 5.97 Å². The third-order valence-corrected chi connectivity index (χ3v) is 3.30. The zero-order valence-corrected chi connectivity index (χ0v) is 12.8. The average molecular weight is 291 g/mol. The quantitative estimate of drug-likeness (QED) is 0.912. The van der Waals surface area contributed by atoms with E-state index < -0.39 is 5.97 Å². The van der Waals surface area contributed by atoms with E-state index in [4.69, 9.17) is 5.11 Å². The third kappa shape index (κ3) is 3.15. The Morgan fingerprint density at radius 3 is 2.48 bits per heavy atom. The summed E-state index contributed by atoms with van der Waals surface area (Å²) in [7, 11) is 0. The van der Waals surface area contributed by atoms with Crippen LogP contribution in [0, 0.1) is 5.92 Å². The van der Waals surface area contributed by atoms with E-state index >= 15 is 0 Å². The largest absolute Gasteiger partial charge is 0.481 e. The van der Waals surface area contributed by atoms with E-state index in [1.807, 2.05) is 24.5 Å². The molecule has 6 heteroatoms. The topological polar surface area (TPSA) is 76.6 Å². The number of hydrogen-bond donors (Lipinski definition) is 1. The lowest BCUT2D eigenvalue weighted by atomic mass is 10.1. The molecular formula is C15H21N3O3. The highest BCUT2D eigenvalue weighted by molar-refractivity contribution is 5.70. The first-order valence-electron chi connectivity index (χ1n) is 7.13. The summed E-state index contributed by atoms with van der Waals surface area (Å²) >= 11 is 0. The van der Waals surface area contributed by atoms with Crippen molar-refractivity contribution in [2.75, 3.05) is 0 Å². The highest BCUT2D eigenvalue weighted by Gasteiger charge is 2.16. The third-order valence-electron chi connectivity index (χ3n) is 3.30. The Labute approximate surface area is 123 Å². The summed E-state index contributed by atoms with van der Waals surface area (Å²) in [4.78, 5) is 23.2. The lowest BCUT2D eigenvalue weighted by molar-refractivity contribution is -0.136. The molecule has 1 N–H and O–H groups in total. The SMILES string of the molecule is CC(C)Cn1c(CC(=O)O)cc(=O)n2nc(C(C)C)cc12. The van der Waals surface area contributed by atoms with Gasteiger partial charge in [-0.1, -0.05) is 27.7 Å². The Bertz CT molecular complexity index is 726. The molecule has 0 saturated carbocycles. The minimum absolute atomic E-state index is 0.166. The number of aliphatic carboxylic acids is 1. The summed E-state index contributed by atoms with van der Waals surface area (Å²) < 4.78 is 3.25. The summed E-state index contributed by atoms with van der Waals surface area (Å²) in [5.74, 6) is -0.402. The monoisotopic (exact) mass is 291 g/mol. The summed E-state index contributed by atoms with van der Waals surface area (Å²) in [6, 6.07) is 3.25. The van der Waals surface area contributed by atoms with Crippen molar-refractivity contribution >= 4 is 11.6 Å². The molecule has 0 fully saturated rings. The van der Waals surface area contributed by atoms with Gasteiger partial charge in [0.2, 0.25) is 0 Å².